The number of morpholine rings is 1. The number of aliphatic hydroxyl groups is 1. The molecule has 1 aliphatic heterocycles. The van der Waals surface area contributed by atoms with E-state index in [2.05, 4.69) is 25.2 Å². The predicted octanol–water partition coefficient (Wildman–Crippen LogP) is 4.64. The van der Waals surface area contributed by atoms with Crippen LogP contribution in [0.15, 0.2) is 54.7 Å². The number of aromatic amines is 1. The van der Waals surface area contributed by atoms with Crippen molar-refractivity contribution in [2.75, 3.05) is 36.5 Å². The van der Waals surface area contributed by atoms with E-state index in [4.69, 9.17) is 4.74 Å². The quantitative estimate of drug-likeness (QED) is 0.357. The van der Waals surface area contributed by atoms with Crippen molar-refractivity contribution in [3.05, 3.63) is 71.7 Å². The lowest BCUT2D eigenvalue weighted by atomic mass is 10.1. The SMILES string of the molecule is OC(Nc1ccccn1)c1cc(N2CCOCC2)cc2[nH]c(-c3cc(F)ccc3C(F)F)nc12. The van der Waals surface area contributed by atoms with E-state index in [-0.39, 0.29) is 17.0 Å². The van der Waals surface area contributed by atoms with Crippen LogP contribution < -0.4 is 10.2 Å². The molecule has 1 aliphatic rings. The van der Waals surface area contributed by atoms with Gasteiger partial charge in [-0.25, -0.2) is 23.1 Å². The van der Waals surface area contributed by atoms with Crippen LogP contribution in [0.4, 0.5) is 24.7 Å². The van der Waals surface area contributed by atoms with E-state index < -0.39 is 18.5 Å². The van der Waals surface area contributed by atoms with E-state index in [1.165, 1.54) is 0 Å². The summed E-state index contributed by atoms with van der Waals surface area (Å²) in [7, 11) is 0. The lowest BCUT2D eigenvalue weighted by Crippen LogP contribution is -2.36. The van der Waals surface area contributed by atoms with Gasteiger partial charge in [-0.1, -0.05) is 6.07 Å². The number of fused-ring (bicyclic) bond motifs is 1. The van der Waals surface area contributed by atoms with Gasteiger partial charge in [-0.2, -0.15) is 0 Å². The molecule has 5 rings (SSSR count). The molecule has 0 amide bonds. The van der Waals surface area contributed by atoms with E-state index in [1.54, 1.807) is 30.5 Å². The number of rotatable bonds is 6. The molecular weight excluding hydrogens is 447 g/mol. The largest absolute Gasteiger partial charge is 0.378 e. The minimum atomic E-state index is -2.80. The molecule has 2 aromatic heterocycles. The maximum atomic E-state index is 13.9. The van der Waals surface area contributed by atoms with Crippen LogP contribution in [-0.2, 0) is 4.74 Å². The van der Waals surface area contributed by atoms with Crippen molar-refractivity contribution < 1.29 is 23.0 Å². The summed E-state index contributed by atoms with van der Waals surface area (Å²) in [6.45, 7) is 2.46. The predicted molar refractivity (Wildman–Crippen MR) is 122 cm³/mol. The van der Waals surface area contributed by atoms with E-state index in [0.717, 1.165) is 23.9 Å². The first-order valence-electron chi connectivity index (χ1n) is 10.8. The first-order chi connectivity index (χ1) is 16.5. The summed E-state index contributed by atoms with van der Waals surface area (Å²) >= 11 is 0. The number of H-pyrrole nitrogens is 1. The number of nitrogens with one attached hydrogen (secondary N) is 2. The zero-order valence-corrected chi connectivity index (χ0v) is 18.0. The van der Waals surface area contributed by atoms with Gasteiger partial charge in [0.1, 0.15) is 17.5 Å². The molecule has 1 fully saturated rings. The van der Waals surface area contributed by atoms with Gasteiger partial charge in [0.15, 0.2) is 6.23 Å². The fraction of sp³-hybridized carbons (Fsp3) is 0.250. The number of imidazole rings is 1. The monoisotopic (exact) mass is 469 g/mol. The van der Waals surface area contributed by atoms with Gasteiger partial charge in [-0.15, -0.1) is 0 Å². The van der Waals surface area contributed by atoms with Gasteiger partial charge in [-0.3, -0.25) is 0 Å². The lowest BCUT2D eigenvalue weighted by molar-refractivity contribution is 0.122. The van der Waals surface area contributed by atoms with Crippen LogP contribution >= 0.6 is 0 Å². The molecule has 0 radical (unpaired) electrons. The molecule has 2 aromatic carbocycles. The smallest absolute Gasteiger partial charge is 0.264 e. The summed E-state index contributed by atoms with van der Waals surface area (Å²) in [6.07, 6.45) is -2.39. The first kappa shape index (κ1) is 22.2. The second-order valence-electron chi connectivity index (χ2n) is 7.91. The first-order valence-corrected chi connectivity index (χ1v) is 10.8. The van der Waals surface area contributed by atoms with Gasteiger partial charge in [0.2, 0.25) is 0 Å². The van der Waals surface area contributed by atoms with Crippen LogP contribution in [0.3, 0.4) is 0 Å². The third-order valence-electron chi connectivity index (χ3n) is 5.73. The minimum absolute atomic E-state index is 0.0303. The molecule has 1 atom stereocenters. The van der Waals surface area contributed by atoms with Crippen LogP contribution in [-0.4, -0.2) is 46.4 Å². The molecule has 3 heterocycles. The molecule has 4 aromatic rings. The molecule has 0 bridgehead atoms. The number of halogens is 3. The molecule has 7 nitrogen and oxygen atoms in total. The van der Waals surface area contributed by atoms with E-state index >= 15 is 0 Å². The van der Waals surface area contributed by atoms with Gasteiger partial charge in [-0.05, 0) is 42.5 Å². The standard InChI is InChI=1S/C24H22F3N5O2/c25-14-4-5-16(22(26)27)17(11-14)23-29-19-13-15(32-7-9-34-10-8-32)12-18(21(19)31-23)24(33)30-20-3-1-2-6-28-20/h1-6,11-13,22,24,33H,7-10H2,(H,28,30)(H,29,31). The Bertz CT molecular complexity index is 1290. The van der Waals surface area contributed by atoms with Crippen molar-refractivity contribution in [3.63, 3.8) is 0 Å². The molecule has 1 unspecified atom stereocenters. The molecule has 1 saturated heterocycles. The number of anilines is 2. The van der Waals surface area contributed by atoms with Crippen LogP contribution in [0.2, 0.25) is 0 Å². The zero-order chi connectivity index (χ0) is 23.7. The molecule has 0 spiro atoms. The highest BCUT2D eigenvalue weighted by atomic mass is 19.3. The summed E-state index contributed by atoms with van der Waals surface area (Å²) in [6, 6.07) is 12.0. The Kier molecular flexibility index (Phi) is 6.08. The Labute approximate surface area is 193 Å². The van der Waals surface area contributed by atoms with Gasteiger partial charge in [0.25, 0.3) is 6.43 Å². The third-order valence-corrected chi connectivity index (χ3v) is 5.73. The molecule has 3 N–H and O–H groups in total. The third kappa shape index (κ3) is 4.42. The number of ether oxygens (including phenoxy) is 1. The van der Waals surface area contributed by atoms with Crippen LogP contribution in [0.25, 0.3) is 22.4 Å². The Balaban J connectivity index is 1.63. The molecule has 34 heavy (non-hydrogen) atoms. The van der Waals surface area contributed by atoms with E-state index in [0.29, 0.717) is 48.7 Å². The zero-order valence-electron chi connectivity index (χ0n) is 18.0. The van der Waals surface area contributed by atoms with Crippen LogP contribution in [0.5, 0.6) is 0 Å². The molecular formula is C24H22F3N5O2. The van der Waals surface area contributed by atoms with Gasteiger partial charge >= 0.3 is 0 Å². The van der Waals surface area contributed by atoms with Gasteiger partial charge in [0, 0.05) is 41.7 Å². The Morgan fingerprint density at radius 1 is 1.06 bits per heavy atom. The van der Waals surface area contributed by atoms with Gasteiger partial charge in [0.05, 0.1) is 24.2 Å². The number of alkyl halides is 2. The van der Waals surface area contributed by atoms with Crippen molar-refractivity contribution in [3.8, 4) is 11.4 Å². The van der Waals surface area contributed by atoms with Crippen molar-refractivity contribution in [2.45, 2.75) is 12.7 Å². The lowest BCUT2D eigenvalue weighted by Gasteiger charge is -2.29. The summed E-state index contributed by atoms with van der Waals surface area (Å²) in [4.78, 5) is 13.8. The highest BCUT2D eigenvalue weighted by Gasteiger charge is 2.23. The highest BCUT2D eigenvalue weighted by molar-refractivity contribution is 5.87. The summed E-state index contributed by atoms with van der Waals surface area (Å²) in [5.41, 5.74) is 1.80. The Morgan fingerprint density at radius 3 is 2.62 bits per heavy atom. The number of hydrogen-bond donors (Lipinski definition) is 3. The molecule has 10 heteroatoms. The topological polar surface area (TPSA) is 86.3 Å². The number of nitrogens with zero attached hydrogens (tertiary/aromatic N) is 3. The maximum absolute atomic E-state index is 13.9. The van der Waals surface area contributed by atoms with Crippen molar-refractivity contribution in [1.29, 1.82) is 0 Å². The van der Waals surface area contributed by atoms with Gasteiger partial charge < -0.3 is 25.0 Å². The molecule has 0 aliphatic carbocycles. The maximum Gasteiger partial charge on any atom is 0.264 e. The average Bonchev–Trinajstić information content (AvgIpc) is 3.28. The molecule has 176 valence electrons. The Morgan fingerprint density at radius 2 is 1.88 bits per heavy atom. The van der Waals surface area contributed by atoms with E-state index in [9.17, 15) is 18.3 Å². The number of hydrogen-bond acceptors (Lipinski definition) is 6. The summed E-state index contributed by atoms with van der Waals surface area (Å²) < 4.78 is 46.6. The summed E-state index contributed by atoms with van der Waals surface area (Å²) in [5, 5.41) is 14.0. The minimum Gasteiger partial charge on any atom is -0.378 e. The molecule has 0 saturated carbocycles. The number of aliphatic hydroxyl groups excluding tert-OH is 1. The summed E-state index contributed by atoms with van der Waals surface area (Å²) in [5.74, 6) is -0.0954. The fourth-order valence-corrected chi connectivity index (χ4v) is 4.06. The fourth-order valence-electron chi connectivity index (χ4n) is 4.06. The Hall–Kier alpha value is -3.63. The highest BCUT2D eigenvalue weighted by Crippen LogP contribution is 2.35. The second-order valence-corrected chi connectivity index (χ2v) is 7.91. The second kappa shape index (κ2) is 9.32. The normalized spacial score (nSPS) is 15.1. The number of pyridine rings is 1. The average molecular weight is 469 g/mol. The van der Waals surface area contributed by atoms with Crippen LogP contribution in [0.1, 0.15) is 23.8 Å². The van der Waals surface area contributed by atoms with Crippen molar-refractivity contribution in [1.82, 2.24) is 15.0 Å². The van der Waals surface area contributed by atoms with Crippen LogP contribution in [0, 0.1) is 5.82 Å². The number of aromatic nitrogens is 3. The van der Waals surface area contributed by atoms with Crippen molar-refractivity contribution >= 4 is 22.5 Å². The number of benzene rings is 2. The van der Waals surface area contributed by atoms with Crippen molar-refractivity contribution in [2.24, 2.45) is 0 Å². The van der Waals surface area contributed by atoms with E-state index in [1.807, 2.05) is 6.07 Å².